The first kappa shape index (κ1) is 53.6. The molecule has 3 N–H and O–H groups in total. The maximum absolute atomic E-state index is 12.6. The van der Waals surface area contributed by atoms with Gasteiger partial charge in [0.15, 0.2) is 0 Å². The van der Waals surface area contributed by atoms with Crippen LogP contribution in [-0.2, 0) is 14.9 Å². The summed E-state index contributed by atoms with van der Waals surface area (Å²) in [6, 6.07) is -1.06. The summed E-state index contributed by atoms with van der Waals surface area (Å²) in [4.78, 5) is 12.6. The summed E-state index contributed by atoms with van der Waals surface area (Å²) in [5.74, 6) is -0.979. The van der Waals surface area contributed by atoms with E-state index in [1.807, 2.05) is 6.08 Å². The van der Waals surface area contributed by atoms with Crippen molar-refractivity contribution in [2.24, 2.45) is 0 Å². The molecule has 0 rings (SSSR count). The molecule has 2 unspecified atom stereocenters. The third kappa shape index (κ3) is 43.5. The lowest BCUT2D eigenvalue weighted by atomic mass is 10.0. The zero-order valence-corrected chi connectivity index (χ0v) is 37.1. The molecule has 7 heteroatoms. The van der Waals surface area contributed by atoms with E-state index in [0.29, 0.717) is 6.42 Å². The predicted molar refractivity (Wildman–Crippen MR) is 239 cm³/mol. The summed E-state index contributed by atoms with van der Waals surface area (Å²) in [5.41, 5.74) is 0. The molecule has 6 nitrogen and oxygen atoms in total. The summed E-state index contributed by atoms with van der Waals surface area (Å²) in [6.45, 7) is 4.52. The first-order chi connectivity index (χ1) is 26.8. The number of carbonyl (C=O) groups is 1. The van der Waals surface area contributed by atoms with Crippen molar-refractivity contribution in [3.05, 3.63) is 36.5 Å². The lowest BCUT2D eigenvalue weighted by Crippen LogP contribution is -2.46. The van der Waals surface area contributed by atoms with Crippen LogP contribution in [0.5, 0.6) is 0 Å². The second kappa shape index (κ2) is 42.2. The fraction of sp³-hybridized carbons (Fsp3) is 0.854. The minimum absolute atomic E-state index is 0.281. The Labute approximate surface area is 342 Å². The van der Waals surface area contributed by atoms with Gasteiger partial charge in [0.1, 0.15) is 0 Å². The Hall–Kier alpha value is -1.44. The molecule has 0 aliphatic rings. The molecule has 55 heavy (non-hydrogen) atoms. The van der Waals surface area contributed by atoms with Gasteiger partial charge in [-0.3, -0.25) is 9.35 Å². The molecule has 0 aromatic rings. The van der Waals surface area contributed by atoms with Gasteiger partial charge in [-0.2, -0.15) is 8.42 Å². The van der Waals surface area contributed by atoms with E-state index in [4.69, 9.17) is 0 Å². The number of amides is 1. The van der Waals surface area contributed by atoms with Crippen molar-refractivity contribution in [1.29, 1.82) is 0 Å². The summed E-state index contributed by atoms with van der Waals surface area (Å²) in [6.07, 6.45) is 55.6. The minimum atomic E-state index is -4.35. The molecule has 0 fully saturated rings. The average molecular weight is 794 g/mol. The number of aliphatic hydroxyl groups is 1. The van der Waals surface area contributed by atoms with Crippen molar-refractivity contribution in [1.82, 2.24) is 5.32 Å². The number of rotatable bonds is 43. The second-order valence-electron chi connectivity index (χ2n) is 16.4. The van der Waals surface area contributed by atoms with Gasteiger partial charge in [0.25, 0.3) is 10.1 Å². The number of carbonyl (C=O) groups excluding carboxylic acids is 1. The van der Waals surface area contributed by atoms with E-state index >= 15 is 0 Å². The molecule has 0 saturated carbocycles. The van der Waals surface area contributed by atoms with Gasteiger partial charge in [0, 0.05) is 6.42 Å². The van der Waals surface area contributed by atoms with Gasteiger partial charge in [0.05, 0.1) is 17.9 Å². The zero-order chi connectivity index (χ0) is 40.3. The minimum Gasteiger partial charge on any atom is -0.387 e. The fourth-order valence-corrected chi connectivity index (χ4v) is 7.98. The molecule has 2 atom stereocenters. The first-order valence-corrected chi connectivity index (χ1v) is 25.3. The van der Waals surface area contributed by atoms with Crippen LogP contribution in [0.4, 0.5) is 0 Å². The highest BCUT2D eigenvalue weighted by Crippen LogP contribution is 2.16. The van der Waals surface area contributed by atoms with Crippen molar-refractivity contribution in [3.8, 4) is 0 Å². The van der Waals surface area contributed by atoms with Gasteiger partial charge < -0.3 is 10.4 Å². The summed E-state index contributed by atoms with van der Waals surface area (Å²) in [7, 11) is -4.35. The monoisotopic (exact) mass is 794 g/mol. The van der Waals surface area contributed by atoms with E-state index in [0.717, 1.165) is 44.9 Å². The molecule has 0 aliphatic carbocycles. The standard InChI is InChI=1S/C48H91NO5S/c1-3-5-7-9-11-13-15-17-19-21-23-24-26-27-29-31-33-35-37-39-41-43-47(50)46(45-55(52,53)54)49-48(51)44-42-40-38-36-34-32-30-28-25-22-20-18-16-14-12-10-8-6-4-2/h12,14,18,20,41,43,46-47,50H,3-11,13,15-17,19,21-40,42,44-45H2,1-2H3,(H,49,51)(H,52,53,54)/b14-12-,20-18-,43-41+. The quantitative estimate of drug-likeness (QED) is 0.0324. The lowest BCUT2D eigenvalue weighted by molar-refractivity contribution is -0.122. The van der Waals surface area contributed by atoms with E-state index < -0.39 is 28.0 Å². The van der Waals surface area contributed by atoms with Crippen LogP contribution in [0.15, 0.2) is 36.5 Å². The molecule has 0 bridgehead atoms. The Balaban J connectivity index is 3.84. The van der Waals surface area contributed by atoms with Crippen molar-refractivity contribution >= 4 is 16.0 Å². The first-order valence-electron chi connectivity index (χ1n) is 23.7. The Kier molecular flexibility index (Phi) is 41.1. The SMILES string of the molecule is CCCCC/C=C\C/C=C\CCCCCCCCCCCC(=O)NC(CS(=O)(=O)O)C(O)/C=C/CCCCCCCCCCCCCCCCCCCCC. The fourth-order valence-electron chi connectivity index (χ4n) is 7.25. The third-order valence-electron chi connectivity index (χ3n) is 10.8. The van der Waals surface area contributed by atoms with E-state index in [9.17, 15) is 22.9 Å². The Morgan fingerprint density at radius 1 is 0.491 bits per heavy atom. The summed E-state index contributed by atoms with van der Waals surface area (Å²) < 4.78 is 32.6. The molecule has 0 aromatic carbocycles. The molecule has 0 spiro atoms. The average Bonchev–Trinajstić information content (AvgIpc) is 3.15. The van der Waals surface area contributed by atoms with Gasteiger partial charge in [-0.15, -0.1) is 0 Å². The van der Waals surface area contributed by atoms with Crippen LogP contribution in [-0.4, -0.2) is 41.9 Å². The number of aliphatic hydroxyl groups excluding tert-OH is 1. The maximum Gasteiger partial charge on any atom is 0.267 e. The molecular weight excluding hydrogens is 703 g/mol. The number of nitrogens with one attached hydrogen (secondary N) is 1. The molecule has 1 amide bonds. The molecular formula is C48H91NO5S. The van der Waals surface area contributed by atoms with Crippen molar-refractivity contribution in [2.45, 2.75) is 257 Å². The third-order valence-corrected chi connectivity index (χ3v) is 11.6. The summed E-state index contributed by atoms with van der Waals surface area (Å²) >= 11 is 0. The molecule has 0 radical (unpaired) electrons. The molecule has 0 heterocycles. The highest BCUT2D eigenvalue weighted by atomic mass is 32.2. The van der Waals surface area contributed by atoms with Gasteiger partial charge in [-0.1, -0.05) is 224 Å². The van der Waals surface area contributed by atoms with Gasteiger partial charge in [-0.25, -0.2) is 0 Å². The Morgan fingerprint density at radius 3 is 1.22 bits per heavy atom. The molecule has 0 aliphatic heterocycles. The van der Waals surface area contributed by atoms with Crippen molar-refractivity contribution in [2.75, 3.05) is 5.75 Å². The van der Waals surface area contributed by atoms with Gasteiger partial charge in [-0.05, 0) is 51.4 Å². The predicted octanol–water partition coefficient (Wildman–Crippen LogP) is 14.5. The molecule has 324 valence electrons. The zero-order valence-electron chi connectivity index (χ0n) is 36.3. The van der Waals surface area contributed by atoms with Crippen LogP contribution in [0.25, 0.3) is 0 Å². The normalized spacial score (nSPS) is 13.5. The topological polar surface area (TPSA) is 104 Å². The van der Waals surface area contributed by atoms with E-state index in [1.165, 1.54) is 180 Å². The molecule has 0 saturated heterocycles. The smallest absolute Gasteiger partial charge is 0.267 e. The van der Waals surface area contributed by atoms with Crippen LogP contribution in [0, 0.1) is 0 Å². The van der Waals surface area contributed by atoms with Gasteiger partial charge in [0.2, 0.25) is 5.91 Å². The van der Waals surface area contributed by atoms with E-state index in [1.54, 1.807) is 6.08 Å². The highest BCUT2D eigenvalue weighted by Gasteiger charge is 2.24. The van der Waals surface area contributed by atoms with E-state index in [2.05, 4.69) is 43.5 Å². The largest absolute Gasteiger partial charge is 0.387 e. The summed E-state index contributed by atoms with van der Waals surface area (Å²) in [5, 5.41) is 13.3. The Bertz CT molecular complexity index is 1010. The second-order valence-corrected chi connectivity index (χ2v) is 17.9. The van der Waals surface area contributed by atoms with Crippen molar-refractivity contribution < 1.29 is 22.9 Å². The number of hydrogen-bond donors (Lipinski definition) is 3. The van der Waals surface area contributed by atoms with Crippen LogP contribution >= 0.6 is 0 Å². The van der Waals surface area contributed by atoms with Crippen LogP contribution in [0.3, 0.4) is 0 Å². The van der Waals surface area contributed by atoms with Gasteiger partial charge >= 0.3 is 0 Å². The number of allylic oxidation sites excluding steroid dienone is 5. The number of hydrogen-bond acceptors (Lipinski definition) is 4. The maximum atomic E-state index is 12.6. The lowest BCUT2D eigenvalue weighted by Gasteiger charge is -2.21. The van der Waals surface area contributed by atoms with Crippen LogP contribution in [0.1, 0.15) is 245 Å². The van der Waals surface area contributed by atoms with E-state index in [-0.39, 0.29) is 5.91 Å². The molecule has 0 aromatic heterocycles. The van der Waals surface area contributed by atoms with Crippen molar-refractivity contribution in [3.63, 3.8) is 0 Å². The van der Waals surface area contributed by atoms with Crippen LogP contribution in [0.2, 0.25) is 0 Å². The number of unbranched alkanes of at least 4 members (excludes halogenated alkanes) is 31. The highest BCUT2D eigenvalue weighted by molar-refractivity contribution is 7.85. The Morgan fingerprint density at radius 2 is 0.818 bits per heavy atom. The van der Waals surface area contributed by atoms with Crippen LogP contribution < -0.4 is 5.32 Å².